The number of ether oxygens (including phenoxy) is 1. The molecular weight excluding hydrogens is 841 g/mol. The molecule has 62 heavy (non-hydrogen) atoms. The highest BCUT2D eigenvalue weighted by Gasteiger charge is 2.23. The predicted octanol–water partition coefficient (Wildman–Crippen LogP) is 10.6. The number of fused-ring (bicyclic) bond motifs is 2. The molecule has 8 aromatic rings. The summed E-state index contributed by atoms with van der Waals surface area (Å²) in [7, 11) is 1.45. The summed E-state index contributed by atoms with van der Waals surface area (Å²) in [6.45, 7) is 4.90. The molecule has 0 bridgehead atoms. The first-order valence-electron chi connectivity index (χ1n) is 18.5. The van der Waals surface area contributed by atoms with E-state index in [9.17, 15) is 28.9 Å². The van der Waals surface area contributed by atoms with Gasteiger partial charge < -0.3 is 36.2 Å². The largest absolute Gasteiger partial charge is 0.508 e. The number of phenols is 4. The van der Waals surface area contributed by atoms with E-state index in [0.717, 1.165) is 10.8 Å². The Morgan fingerprint density at radius 1 is 0.710 bits per heavy atom. The van der Waals surface area contributed by atoms with E-state index in [0.29, 0.717) is 55.9 Å². The molecule has 12 nitrogen and oxygen atoms in total. The van der Waals surface area contributed by atoms with Crippen molar-refractivity contribution in [3.63, 3.8) is 0 Å². The highest BCUT2D eigenvalue weighted by molar-refractivity contribution is 6.31. The fraction of sp³-hybridized carbons (Fsp3) is 0.109. The van der Waals surface area contributed by atoms with Gasteiger partial charge in [0.1, 0.15) is 34.6 Å². The number of halogens is 4. The number of methoxy groups -OCH3 is 1. The SMILES string of the molecule is COc1ccc(C=O)cc1O.Cc1c(Cl)cnc(N)c1F.Cc1ccc(C(Nc2ncc(Cl)c(C)c2F)c2ccc3cccnc3c2O)cc1O.Oc1cccc2cccnc12. The summed E-state index contributed by atoms with van der Waals surface area (Å²) in [5, 5.41) is 44.9. The van der Waals surface area contributed by atoms with Crippen LogP contribution in [0, 0.1) is 32.4 Å². The van der Waals surface area contributed by atoms with Gasteiger partial charge >= 0.3 is 0 Å². The number of hydrogen-bond donors (Lipinski definition) is 6. The lowest BCUT2D eigenvalue weighted by Crippen LogP contribution is -2.15. The number of aromatic hydroxyl groups is 4. The first-order valence-corrected chi connectivity index (χ1v) is 19.2. The first kappa shape index (κ1) is 45.8. The number of carbonyl (C=O) groups is 1. The quantitative estimate of drug-likeness (QED) is 0.0866. The number of anilines is 2. The minimum atomic E-state index is -0.703. The van der Waals surface area contributed by atoms with Gasteiger partial charge in [0, 0.05) is 57.8 Å². The number of nitrogens with two attached hydrogens (primary N) is 1. The molecule has 7 N–H and O–H groups in total. The maximum Gasteiger partial charge on any atom is 0.169 e. The zero-order valence-corrected chi connectivity index (χ0v) is 35.1. The van der Waals surface area contributed by atoms with Gasteiger partial charge in [0.25, 0.3) is 0 Å². The van der Waals surface area contributed by atoms with E-state index in [1.807, 2.05) is 30.3 Å². The maximum absolute atomic E-state index is 14.8. The number of carbonyl (C=O) groups excluding carboxylic acids is 1. The number of aldehydes is 1. The van der Waals surface area contributed by atoms with E-state index < -0.39 is 17.7 Å². The Hall–Kier alpha value is -7.29. The zero-order valence-electron chi connectivity index (χ0n) is 33.6. The van der Waals surface area contributed by atoms with E-state index in [-0.39, 0.29) is 45.2 Å². The van der Waals surface area contributed by atoms with Gasteiger partial charge in [-0.1, -0.05) is 71.7 Å². The molecule has 4 aromatic heterocycles. The number of aromatic nitrogens is 4. The summed E-state index contributed by atoms with van der Waals surface area (Å²) in [6.07, 6.45) is 6.63. The van der Waals surface area contributed by atoms with E-state index in [1.165, 1.54) is 25.6 Å². The van der Waals surface area contributed by atoms with Crippen LogP contribution < -0.4 is 15.8 Å². The second-order valence-electron chi connectivity index (χ2n) is 13.4. The standard InChI is InChI=1S/C23H19ClFN3O2.C9H7NO.C8H8O3.C6H6ClFN2/c1-12-5-6-15(10-18(12)29)20(28-23-19(25)13(2)17(24)11-27-23)16-8-7-14-4-3-9-26-21(14)22(16)30;11-8-5-1-3-7-4-2-6-10-9(7)8;1-11-8-3-2-6(5-9)4-7(8)10;1-3-4(7)2-10-6(9)5(3)8/h3-11,20,29-30H,1-2H3,(H,27,28);1-6,11H;2-5,10H,1H3;2H,1H3,(H2,9,10). The van der Waals surface area contributed by atoms with Crippen molar-refractivity contribution in [2.75, 3.05) is 18.2 Å². The van der Waals surface area contributed by atoms with Gasteiger partial charge in [0.2, 0.25) is 0 Å². The Balaban J connectivity index is 0.000000184. The summed E-state index contributed by atoms with van der Waals surface area (Å²) in [6, 6.07) is 25.2. The molecule has 0 amide bonds. The third-order valence-corrected chi connectivity index (χ3v) is 10.1. The molecule has 0 aliphatic carbocycles. The lowest BCUT2D eigenvalue weighted by molar-refractivity contribution is 0.112. The van der Waals surface area contributed by atoms with Crippen molar-refractivity contribution in [2.45, 2.75) is 26.8 Å². The van der Waals surface area contributed by atoms with Crippen molar-refractivity contribution >= 4 is 62.9 Å². The summed E-state index contributed by atoms with van der Waals surface area (Å²) in [4.78, 5) is 26.1. The Bertz CT molecular complexity index is 2840. The number of benzene rings is 4. The maximum atomic E-state index is 14.8. The van der Waals surface area contributed by atoms with Crippen LogP contribution in [0.3, 0.4) is 0 Å². The summed E-state index contributed by atoms with van der Waals surface area (Å²) < 4.78 is 32.3. The topological polar surface area (TPSA) is 197 Å². The molecule has 318 valence electrons. The zero-order chi connectivity index (χ0) is 45.1. The molecule has 4 heterocycles. The number of phenolic OH excluding ortho intramolecular Hbond substituents is 4. The van der Waals surface area contributed by atoms with Crippen LogP contribution in [0.5, 0.6) is 28.7 Å². The molecule has 0 spiro atoms. The van der Waals surface area contributed by atoms with Crippen molar-refractivity contribution in [1.82, 2.24) is 19.9 Å². The minimum Gasteiger partial charge on any atom is -0.508 e. The van der Waals surface area contributed by atoms with Gasteiger partial charge in [-0.3, -0.25) is 14.8 Å². The number of nitrogen functional groups attached to an aromatic ring is 1. The minimum absolute atomic E-state index is 0.0116. The molecule has 16 heteroatoms. The third kappa shape index (κ3) is 10.9. The lowest BCUT2D eigenvalue weighted by atomic mass is 9.95. The average molecular weight is 882 g/mol. The Labute approximate surface area is 364 Å². The number of pyridine rings is 4. The van der Waals surface area contributed by atoms with E-state index in [1.54, 1.807) is 87.8 Å². The Morgan fingerprint density at radius 3 is 1.95 bits per heavy atom. The van der Waals surface area contributed by atoms with Crippen molar-refractivity contribution in [2.24, 2.45) is 0 Å². The number of nitrogens with one attached hydrogen (secondary N) is 1. The number of hydrogen-bond acceptors (Lipinski definition) is 12. The molecule has 1 atom stereocenters. The Kier molecular flexibility index (Phi) is 15.4. The van der Waals surface area contributed by atoms with Crippen molar-refractivity contribution in [3.05, 3.63) is 171 Å². The molecule has 0 saturated carbocycles. The second-order valence-corrected chi connectivity index (χ2v) is 14.2. The van der Waals surface area contributed by atoms with Gasteiger partial charge in [0.15, 0.2) is 34.8 Å². The molecule has 0 saturated heterocycles. The molecule has 1 unspecified atom stereocenters. The molecular formula is C46H40Cl2F2N6O6. The number of aryl methyl sites for hydroxylation is 1. The molecule has 8 rings (SSSR count). The van der Waals surface area contributed by atoms with Crippen LogP contribution in [0.2, 0.25) is 10.0 Å². The smallest absolute Gasteiger partial charge is 0.169 e. The van der Waals surface area contributed by atoms with Crippen molar-refractivity contribution in [1.29, 1.82) is 0 Å². The fourth-order valence-electron chi connectivity index (χ4n) is 5.76. The number of nitrogens with zero attached hydrogens (tertiary/aromatic N) is 4. The first-order chi connectivity index (χ1) is 29.6. The van der Waals surface area contributed by atoms with Gasteiger partial charge in [-0.05, 0) is 74.4 Å². The summed E-state index contributed by atoms with van der Waals surface area (Å²) in [5.74, 6) is -0.579. The highest BCUT2D eigenvalue weighted by Crippen LogP contribution is 2.38. The third-order valence-electron chi connectivity index (χ3n) is 9.32. The van der Waals surface area contributed by atoms with Crippen molar-refractivity contribution in [3.8, 4) is 28.7 Å². The van der Waals surface area contributed by atoms with Gasteiger partial charge in [-0.15, -0.1) is 0 Å². The number of para-hydroxylation sites is 1. The van der Waals surface area contributed by atoms with E-state index >= 15 is 0 Å². The molecule has 0 aliphatic rings. The Morgan fingerprint density at radius 2 is 1.34 bits per heavy atom. The monoisotopic (exact) mass is 880 g/mol. The average Bonchev–Trinajstić information content (AvgIpc) is 3.28. The van der Waals surface area contributed by atoms with Crippen LogP contribution in [0.1, 0.15) is 44.2 Å². The van der Waals surface area contributed by atoms with Gasteiger partial charge in [-0.25, -0.2) is 18.7 Å². The summed E-state index contributed by atoms with van der Waals surface area (Å²) >= 11 is 11.5. The second kappa shape index (κ2) is 20.8. The van der Waals surface area contributed by atoms with Crippen LogP contribution >= 0.6 is 23.2 Å². The fourth-order valence-corrected chi connectivity index (χ4v) is 6.03. The van der Waals surface area contributed by atoms with Crippen LogP contribution in [0.4, 0.5) is 20.4 Å². The van der Waals surface area contributed by atoms with Gasteiger partial charge in [-0.2, -0.15) is 0 Å². The van der Waals surface area contributed by atoms with Crippen LogP contribution in [-0.4, -0.2) is 53.8 Å². The molecule has 0 radical (unpaired) electrons. The molecule has 0 aliphatic heterocycles. The van der Waals surface area contributed by atoms with Crippen LogP contribution in [0.15, 0.2) is 116 Å². The molecule has 0 fully saturated rings. The van der Waals surface area contributed by atoms with Gasteiger partial charge in [0.05, 0.1) is 23.2 Å². The normalized spacial score (nSPS) is 10.9. The van der Waals surface area contributed by atoms with E-state index in [4.69, 9.17) is 38.8 Å². The number of rotatable bonds is 6. The molecule has 4 aromatic carbocycles. The highest BCUT2D eigenvalue weighted by atomic mass is 35.5. The van der Waals surface area contributed by atoms with Crippen LogP contribution in [0.25, 0.3) is 21.8 Å². The van der Waals surface area contributed by atoms with Crippen molar-refractivity contribution < 1.29 is 38.7 Å². The summed E-state index contributed by atoms with van der Waals surface area (Å²) in [5.41, 5.74) is 9.08. The predicted molar refractivity (Wildman–Crippen MR) is 237 cm³/mol. The van der Waals surface area contributed by atoms with E-state index in [2.05, 4.69) is 25.3 Å². The van der Waals surface area contributed by atoms with Crippen LogP contribution in [-0.2, 0) is 0 Å². The lowest BCUT2D eigenvalue weighted by Gasteiger charge is -2.23.